The minimum absolute atomic E-state index is 0.0541. The van der Waals surface area contributed by atoms with Gasteiger partial charge in [-0.25, -0.2) is 4.98 Å². The molecule has 0 fully saturated rings. The Morgan fingerprint density at radius 3 is 2.71 bits per heavy atom. The van der Waals surface area contributed by atoms with Gasteiger partial charge in [-0.1, -0.05) is 59.9 Å². The molecule has 0 atom stereocenters. The molecule has 4 aromatic rings. The van der Waals surface area contributed by atoms with Crippen molar-refractivity contribution in [2.24, 2.45) is 0 Å². The van der Waals surface area contributed by atoms with Crippen LogP contribution < -0.4 is 5.32 Å². The minimum atomic E-state index is -0.0541. The third kappa shape index (κ3) is 2.92. The fourth-order valence-corrected chi connectivity index (χ4v) is 4.25. The molecule has 118 valence electrons. The zero-order valence-corrected chi connectivity index (χ0v) is 15.0. The average molecular weight is 397 g/mol. The van der Waals surface area contributed by atoms with Crippen molar-refractivity contribution in [2.45, 2.75) is 6.42 Å². The first-order chi connectivity index (χ1) is 11.7. The van der Waals surface area contributed by atoms with Crippen molar-refractivity contribution in [3.05, 3.63) is 70.7 Å². The molecule has 0 saturated heterocycles. The van der Waals surface area contributed by atoms with Gasteiger partial charge in [-0.3, -0.25) is 4.79 Å². The van der Waals surface area contributed by atoms with Crippen LogP contribution in [0.15, 0.2) is 65.1 Å². The third-order valence-corrected chi connectivity index (χ3v) is 5.42. The van der Waals surface area contributed by atoms with Gasteiger partial charge in [-0.2, -0.15) is 0 Å². The van der Waals surface area contributed by atoms with E-state index < -0.39 is 0 Å². The number of fused-ring (bicyclic) bond motifs is 2. The Kier molecular flexibility index (Phi) is 4.04. The number of rotatable bonds is 3. The number of para-hydroxylation sites is 1. The highest BCUT2D eigenvalue weighted by Gasteiger charge is 2.11. The third-order valence-electron chi connectivity index (χ3n) is 3.85. The highest BCUT2D eigenvalue weighted by molar-refractivity contribution is 9.10. The number of anilines is 1. The minimum Gasteiger partial charge on any atom is -0.302 e. The van der Waals surface area contributed by atoms with E-state index in [0.29, 0.717) is 11.6 Å². The fourth-order valence-electron chi connectivity index (χ4n) is 2.75. The summed E-state index contributed by atoms with van der Waals surface area (Å²) in [7, 11) is 0. The second-order valence-electron chi connectivity index (χ2n) is 5.47. The lowest BCUT2D eigenvalue weighted by atomic mass is 10.0. The van der Waals surface area contributed by atoms with Crippen LogP contribution in [-0.2, 0) is 11.2 Å². The molecule has 1 aromatic heterocycles. The summed E-state index contributed by atoms with van der Waals surface area (Å²) in [5.74, 6) is -0.0541. The van der Waals surface area contributed by atoms with Crippen LogP contribution in [0.3, 0.4) is 0 Å². The number of amides is 1. The number of nitrogens with zero attached hydrogens (tertiary/aromatic N) is 1. The van der Waals surface area contributed by atoms with Crippen LogP contribution in [0, 0.1) is 0 Å². The van der Waals surface area contributed by atoms with Crippen LogP contribution in [0.4, 0.5) is 5.13 Å². The molecule has 3 nitrogen and oxygen atoms in total. The quantitative estimate of drug-likeness (QED) is 0.504. The Hall–Kier alpha value is -2.24. The van der Waals surface area contributed by atoms with Gasteiger partial charge in [0.05, 0.1) is 16.6 Å². The lowest BCUT2D eigenvalue weighted by molar-refractivity contribution is -0.115. The standard InChI is InChI=1S/C19H13BrN2OS/c20-15-9-4-10-16-18(15)22-19(24-16)21-17(23)11-13-7-3-6-12-5-1-2-8-14(12)13/h1-10H,11H2,(H,21,22,23). The lowest BCUT2D eigenvalue weighted by Crippen LogP contribution is -2.14. The number of benzene rings is 3. The second kappa shape index (κ2) is 6.34. The van der Waals surface area contributed by atoms with Gasteiger partial charge in [0.1, 0.15) is 0 Å². The Morgan fingerprint density at radius 2 is 1.83 bits per heavy atom. The van der Waals surface area contributed by atoms with Gasteiger partial charge in [0.25, 0.3) is 0 Å². The SMILES string of the molecule is O=C(Cc1cccc2ccccc12)Nc1nc2c(Br)cccc2s1. The molecule has 0 bridgehead atoms. The number of thiazole rings is 1. The highest BCUT2D eigenvalue weighted by atomic mass is 79.9. The summed E-state index contributed by atoms with van der Waals surface area (Å²) >= 11 is 4.97. The number of hydrogen-bond acceptors (Lipinski definition) is 3. The number of carbonyl (C=O) groups excluding carboxylic acids is 1. The number of hydrogen-bond donors (Lipinski definition) is 1. The number of carbonyl (C=O) groups is 1. The topological polar surface area (TPSA) is 42.0 Å². The van der Waals surface area contributed by atoms with Crippen molar-refractivity contribution in [2.75, 3.05) is 5.32 Å². The fraction of sp³-hybridized carbons (Fsp3) is 0.0526. The van der Waals surface area contributed by atoms with E-state index in [1.54, 1.807) is 0 Å². The van der Waals surface area contributed by atoms with E-state index in [4.69, 9.17) is 0 Å². The number of halogens is 1. The lowest BCUT2D eigenvalue weighted by Gasteiger charge is -2.06. The molecule has 0 aliphatic heterocycles. The largest absolute Gasteiger partial charge is 0.302 e. The predicted molar refractivity (Wildman–Crippen MR) is 104 cm³/mol. The molecule has 0 aliphatic carbocycles. The number of aromatic nitrogens is 1. The maximum atomic E-state index is 12.4. The van der Waals surface area contributed by atoms with Crippen molar-refractivity contribution in [3.8, 4) is 0 Å². The summed E-state index contributed by atoms with van der Waals surface area (Å²) in [6, 6.07) is 20.1. The van der Waals surface area contributed by atoms with Gasteiger partial charge < -0.3 is 5.32 Å². The zero-order chi connectivity index (χ0) is 16.5. The first-order valence-corrected chi connectivity index (χ1v) is 9.13. The van der Waals surface area contributed by atoms with Crippen LogP contribution >= 0.6 is 27.3 Å². The molecule has 3 aromatic carbocycles. The molecular weight excluding hydrogens is 384 g/mol. The van der Waals surface area contributed by atoms with Crippen molar-refractivity contribution < 1.29 is 4.79 Å². The molecule has 0 radical (unpaired) electrons. The average Bonchev–Trinajstić information content (AvgIpc) is 2.99. The van der Waals surface area contributed by atoms with E-state index in [2.05, 4.69) is 38.4 Å². The van der Waals surface area contributed by atoms with E-state index in [1.165, 1.54) is 11.3 Å². The van der Waals surface area contributed by atoms with E-state index >= 15 is 0 Å². The van der Waals surface area contributed by atoms with Crippen LogP contribution in [0.25, 0.3) is 21.0 Å². The van der Waals surface area contributed by atoms with Crippen LogP contribution in [0.1, 0.15) is 5.56 Å². The normalized spacial score (nSPS) is 11.0. The Bertz CT molecular complexity index is 1050. The highest BCUT2D eigenvalue weighted by Crippen LogP contribution is 2.31. The smallest absolute Gasteiger partial charge is 0.230 e. The summed E-state index contributed by atoms with van der Waals surface area (Å²) in [6.07, 6.45) is 0.332. The van der Waals surface area contributed by atoms with Gasteiger partial charge in [0.2, 0.25) is 5.91 Å². The van der Waals surface area contributed by atoms with E-state index in [0.717, 1.165) is 31.0 Å². The van der Waals surface area contributed by atoms with Crippen LogP contribution in [0.2, 0.25) is 0 Å². The molecule has 5 heteroatoms. The molecule has 0 unspecified atom stereocenters. The Labute approximate surface area is 151 Å². The van der Waals surface area contributed by atoms with Crippen LogP contribution in [0.5, 0.6) is 0 Å². The summed E-state index contributed by atoms with van der Waals surface area (Å²) < 4.78 is 1.98. The van der Waals surface area contributed by atoms with Gasteiger partial charge in [-0.15, -0.1) is 0 Å². The van der Waals surface area contributed by atoms with Gasteiger partial charge in [0, 0.05) is 4.47 Å². The molecule has 1 amide bonds. The summed E-state index contributed by atoms with van der Waals surface area (Å²) in [6.45, 7) is 0. The molecule has 0 spiro atoms. The molecule has 1 heterocycles. The monoisotopic (exact) mass is 396 g/mol. The van der Waals surface area contributed by atoms with Gasteiger partial charge in [0.15, 0.2) is 5.13 Å². The molecule has 1 N–H and O–H groups in total. The van der Waals surface area contributed by atoms with Gasteiger partial charge in [-0.05, 0) is 44.4 Å². The molecule has 4 rings (SSSR count). The first kappa shape index (κ1) is 15.3. The number of nitrogens with one attached hydrogen (secondary N) is 1. The Morgan fingerprint density at radius 1 is 1.04 bits per heavy atom. The maximum absolute atomic E-state index is 12.4. The van der Waals surface area contributed by atoms with E-state index in [1.807, 2.05) is 48.5 Å². The summed E-state index contributed by atoms with van der Waals surface area (Å²) in [5.41, 5.74) is 1.90. The molecular formula is C19H13BrN2OS. The second-order valence-corrected chi connectivity index (χ2v) is 7.35. The molecule has 0 saturated carbocycles. The van der Waals surface area contributed by atoms with Crippen LogP contribution in [-0.4, -0.2) is 10.9 Å². The van der Waals surface area contributed by atoms with Crippen molar-refractivity contribution >= 4 is 59.3 Å². The molecule has 24 heavy (non-hydrogen) atoms. The van der Waals surface area contributed by atoms with Crippen molar-refractivity contribution in [3.63, 3.8) is 0 Å². The predicted octanol–water partition coefficient (Wildman–Crippen LogP) is 5.39. The molecule has 0 aliphatic rings. The van der Waals surface area contributed by atoms with E-state index in [-0.39, 0.29) is 5.91 Å². The summed E-state index contributed by atoms with van der Waals surface area (Å²) in [4.78, 5) is 16.9. The first-order valence-electron chi connectivity index (χ1n) is 7.52. The van der Waals surface area contributed by atoms with Crippen molar-refractivity contribution in [1.82, 2.24) is 4.98 Å². The van der Waals surface area contributed by atoms with Crippen molar-refractivity contribution in [1.29, 1.82) is 0 Å². The Balaban J connectivity index is 1.58. The summed E-state index contributed by atoms with van der Waals surface area (Å²) in [5, 5.41) is 5.80. The van der Waals surface area contributed by atoms with Gasteiger partial charge >= 0.3 is 0 Å². The zero-order valence-electron chi connectivity index (χ0n) is 12.6. The maximum Gasteiger partial charge on any atom is 0.230 e. The van der Waals surface area contributed by atoms with E-state index in [9.17, 15) is 4.79 Å².